The summed E-state index contributed by atoms with van der Waals surface area (Å²) in [6.07, 6.45) is 1.16. The topological polar surface area (TPSA) is 98.8 Å². The third-order valence-corrected chi connectivity index (χ3v) is 7.62. The molecule has 0 saturated carbocycles. The Morgan fingerprint density at radius 3 is 2.64 bits per heavy atom. The fourth-order valence-electron chi connectivity index (χ4n) is 5.47. The van der Waals surface area contributed by atoms with Crippen LogP contribution in [0.5, 0.6) is 0 Å². The molecule has 2 N–H and O–H groups in total. The number of imide groups is 1. The Morgan fingerprint density at radius 1 is 1.06 bits per heavy atom. The van der Waals surface area contributed by atoms with E-state index in [2.05, 4.69) is 33.5 Å². The lowest BCUT2D eigenvalue weighted by molar-refractivity contribution is -0.133. The van der Waals surface area contributed by atoms with E-state index < -0.39 is 12.5 Å². The van der Waals surface area contributed by atoms with Gasteiger partial charge in [-0.2, -0.15) is 0 Å². The Morgan fingerprint density at radius 2 is 1.86 bits per heavy atom. The monoisotopic (exact) mass is 486 g/mol. The zero-order chi connectivity index (χ0) is 25.2. The number of benzene rings is 2. The van der Waals surface area contributed by atoms with E-state index in [9.17, 15) is 19.2 Å². The molecule has 0 spiro atoms. The third-order valence-electron chi connectivity index (χ3n) is 7.62. The highest BCUT2D eigenvalue weighted by atomic mass is 16.2. The minimum atomic E-state index is -0.469. The number of rotatable bonds is 6. The molecule has 186 valence electrons. The van der Waals surface area contributed by atoms with Gasteiger partial charge in [0.25, 0.3) is 5.91 Å². The summed E-state index contributed by atoms with van der Waals surface area (Å²) in [7, 11) is 2.14. The van der Waals surface area contributed by atoms with Gasteiger partial charge in [-0.1, -0.05) is 30.3 Å². The smallest absolute Gasteiger partial charge is 0.251 e. The van der Waals surface area contributed by atoms with E-state index in [0.717, 1.165) is 49.4 Å². The molecule has 8 nitrogen and oxygen atoms in total. The van der Waals surface area contributed by atoms with Crippen molar-refractivity contribution in [3.8, 4) is 0 Å². The molecule has 5 rings (SSSR count). The van der Waals surface area contributed by atoms with Crippen LogP contribution in [-0.4, -0.2) is 73.1 Å². The van der Waals surface area contributed by atoms with Gasteiger partial charge in [0.05, 0.1) is 0 Å². The number of carbonyl (C=O) groups is 4. The Kier molecular flexibility index (Phi) is 7.02. The molecule has 2 saturated heterocycles. The van der Waals surface area contributed by atoms with E-state index in [4.69, 9.17) is 0 Å². The van der Waals surface area contributed by atoms with Gasteiger partial charge in [0.2, 0.25) is 18.5 Å². The molecule has 2 aromatic carbocycles. The maximum Gasteiger partial charge on any atom is 0.251 e. The van der Waals surface area contributed by atoms with Crippen molar-refractivity contribution in [2.24, 2.45) is 0 Å². The number of nitrogens with zero attached hydrogens (tertiary/aromatic N) is 2. The van der Waals surface area contributed by atoms with Gasteiger partial charge in [-0.05, 0) is 48.6 Å². The van der Waals surface area contributed by atoms with Crippen LogP contribution in [0, 0.1) is 0 Å². The molecule has 0 aromatic heterocycles. The van der Waals surface area contributed by atoms with Crippen LogP contribution in [0.2, 0.25) is 5.82 Å². The predicted molar refractivity (Wildman–Crippen MR) is 137 cm³/mol. The number of carbonyl (C=O) groups excluding carboxylic acids is 4. The zero-order valence-corrected chi connectivity index (χ0v) is 20.6. The van der Waals surface area contributed by atoms with Crippen LogP contribution in [0.4, 0.5) is 0 Å². The highest BCUT2D eigenvalue weighted by Crippen LogP contribution is 2.32. The summed E-state index contributed by atoms with van der Waals surface area (Å²) in [5, 5.41) is 5.35. The summed E-state index contributed by atoms with van der Waals surface area (Å²) in [6.45, 7) is 4.92. The number of hydrogen-bond acceptors (Lipinski definition) is 6. The first kappa shape index (κ1) is 24.4. The van der Waals surface area contributed by atoms with Crippen molar-refractivity contribution in [3.05, 3.63) is 70.3 Å². The van der Waals surface area contributed by atoms with Crippen molar-refractivity contribution < 1.29 is 19.2 Å². The molecule has 2 aromatic rings. The zero-order valence-electron chi connectivity index (χ0n) is 20.6. The highest BCUT2D eigenvalue weighted by Gasteiger charge is 2.44. The minimum Gasteiger partial charge on any atom is -0.348 e. The average Bonchev–Trinajstić information content (AvgIpc) is 3.19. The van der Waals surface area contributed by atoms with Gasteiger partial charge in [0.15, 0.2) is 0 Å². The molecule has 0 aliphatic carbocycles. The van der Waals surface area contributed by atoms with Crippen LogP contribution in [0.3, 0.4) is 0 Å². The number of fused-ring (bicyclic) bond motifs is 1. The standard InChI is InChI=1S/C27H31BN4O4/c1-31-9-11-32(12-10-31)17-19-3-2-4-20(14-19)26(35)29-16-18-5-6-22-21(13-18)15-28(25(22)34)23-7-8-24(33)30-27(23)36/h2-6,13-14,23H,7-12,15-17H2,1H3,(H,29,35)(H,30,33,36). The molecule has 2 fully saturated rings. The van der Waals surface area contributed by atoms with Crippen LogP contribution in [0.1, 0.15) is 50.2 Å². The van der Waals surface area contributed by atoms with Crippen LogP contribution in [-0.2, 0) is 29.0 Å². The number of nitrogens with one attached hydrogen (secondary N) is 2. The van der Waals surface area contributed by atoms with Gasteiger partial charge in [0, 0.05) is 62.6 Å². The average molecular weight is 486 g/mol. The van der Waals surface area contributed by atoms with Crippen molar-refractivity contribution in [2.75, 3.05) is 33.2 Å². The van der Waals surface area contributed by atoms with Crippen molar-refractivity contribution >= 4 is 30.1 Å². The maximum atomic E-state index is 12.9. The molecule has 0 bridgehead atoms. The third kappa shape index (κ3) is 5.27. The lowest BCUT2D eigenvalue weighted by Gasteiger charge is -2.32. The van der Waals surface area contributed by atoms with Gasteiger partial charge in [-0.3, -0.25) is 24.6 Å². The van der Waals surface area contributed by atoms with Crippen molar-refractivity contribution in [1.29, 1.82) is 0 Å². The van der Waals surface area contributed by atoms with Crippen LogP contribution in [0.25, 0.3) is 0 Å². The number of piperazine rings is 1. The second-order valence-corrected chi connectivity index (χ2v) is 10.2. The summed E-state index contributed by atoms with van der Waals surface area (Å²) in [5.41, 5.74) is 4.17. The molecular weight excluding hydrogens is 455 g/mol. The summed E-state index contributed by atoms with van der Waals surface area (Å²) in [5.74, 6) is -1.22. The van der Waals surface area contributed by atoms with Crippen molar-refractivity contribution in [1.82, 2.24) is 20.4 Å². The molecule has 1 atom stereocenters. The first-order chi connectivity index (χ1) is 17.4. The van der Waals surface area contributed by atoms with Gasteiger partial charge in [0.1, 0.15) is 5.68 Å². The minimum absolute atomic E-state index is 0.0350. The van der Waals surface area contributed by atoms with Gasteiger partial charge >= 0.3 is 0 Å². The summed E-state index contributed by atoms with van der Waals surface area (Å²) in [6, 6.07) is 13.4. The van der Waals surface area contributed by atoms with E-state index in [1.54, 1.807) is 6.07 Å². The Hall–Kier alpha value is -3.30. The molecule has 0 radical (unpaired) electrons. The van der Waals surface area contributed by atoms with E-state index in [-0.39, 0.29) is 29.8 Å². The van der Waals surface area contributed by atoms with E-state index in [1.165, 1.54) is 0 Å². The molecule has 3 heterocycles. The predicted octanol–water partition coefficient (Wildman–Crippen LogP) is 1.48. The second kappa shape index (κ2) is 10.4. The Balaban J connectivity index is 1.19. The summed E-state index contributed by atoms with van der Waals surface area (Å²) < 4.78 is 0. The molecular formula is C27H31BN4O4. The van der Waals surface area contributed by atoms with Crippen LogP contribution >= 0.6 is 0 Å². The molecule has 3 amide bonds. The number of piperidine rings is 1. The van der Waals surface area contributed by atoms with E-state index >= 15 is 0 Å². The summed E-state index contributed by atoms with van der Waals surface area (Å²) >= 11 is 0. The molecule has 3 aliphatic rings. The quantitative estimate of drug-likeness (QED) is 0.474. The molecule has 1 unspecified atom stereocenters. The fourth-order valence-corrected chi connectivity index (χ4v) is 5.47. The molecule has 36 heavy (non-hydrogen) atoms. The molecule has 3 aliphatic heterocycles. The first-order valence-corrected chi connectivity index (χ1v) is 12.6. The lowest BCUT2D eigenvalue weighted by atomic mass is 9.37. The normalized spacial score (nSPS) is 20.9. The van der Waals surface area contributed by atoms with E-state index in [0.29, 0.717) is 30.4 Å². The van der Waals surface area contributed by atoms with Crippen molar-refractivity contribution in [3.63, 3.8) is 0 Å². The Bertz CT molecular complexity index is 1210. The largest absolute Gasteiger partial charge is 0.348 e. The van der Waals surface area contributed by atoms with Crippen LogP contribution < -0.4 is 10.6 Å². The fraction of sp³-hybridized carbons (Fsp3) is 0.407. The first-order valence-electron chi connectivity index (χ1n) is 12.6. The van der Waals surface area contributed by atoms with Gasteiger partial charge in [-0.25, -0.2) is 0 Å². The Labute approximate surface area is 211 Å². The highest BCUT2D eigenvalue weighted by molar-refractivity contribution is 6.96. The van der Waals surface area contributed by atoms with Crippen LogP contribution in [0.15, 0.2) is 42.5 Å². The SMILES string of the molecule is CN1CCN(Cc2cccc(C(=O)NCc3ccc4c(c3)CB(C3CCC(=O)NC3=O)C4=O)c2)CC1. The van der Waals surface area contributed by atoms with Gasteiger partial charge in [-0.15, -0.1) is 0 Å². The maximum absolute atomic E-state index is 12.9. The van der Waals surface area contributed by atoms with Crippen molar-refractivity contribution in [2.45, 2.75) is 38.1 Å². The lowest BCUT2D eigenvalue weighted by Crippen LogP contribution is -2.45. The van der Waals surface area contributed by atoms with E-state index in [1.807, 2.05) is 30.3 Å². The second-order valence-electron chi connectivity index (χ2n) is 10.2. The molecule has 9 heteroatoms. The summed E-state index contributed by atoms with van der Waals surface area (Å²) in [4.78, 5) is 54.3. The number of amides is 3. The number of likely N-dealkylation sites (N-methyl/N-ethyl adjacent to an activating group) is 1. The number of hydrogen-bond donors (Lipinski definition) is 2. The van der Waals surface area contributed by atoms with Gasteiger partial charge < -0.3 is 15.0 Å².